The molecule has 0 spiro atoms. The topological polar surface area (TPSA) is 77.2 Å². The quantitative estimate of drug-likeness (QED) is 0.830. The van der Waals surface area contributed by atoms with Crippen molar-refractivity contribution in [2.45, 2.75) is 19.4 Å². The molecule has 6 heteroatoms. The molecule has 106 valence electrons. The summed E-state index contributed by atoms with van der Waals surface area (Å²) >= 11 is 1.53. The number of carbonyl (C=O) groups excluding carboxylic acids is 1. The molecule has 0 aliphatic rings. The lowest BCUT2D eigenvalue weighted by Gasteiger charge is -2.15. The Morgan fingerprint density at radius 1 is 1.55 bits per heavy atom. The van der Waals surface area contributed by atoms with Gasteiger partial charge in [0.05, 0.1) is 18.7 Å². The Hall–Kier alpha value is -2.08. The zero-order valence-electron chi connectivity index (χ0n) is 11.4. The summed E-state index contributed by atoms with van der Waals surface area (Å²) < 4.78 is 5.07. The Morgan fingerprint density at radius 3 is 2.90 bits per heavy atom. The summed E-state index contributed by atoms with van der Waals surface area (Å²) in [6, 6.07) is 4.93. The lowest BCUT2D eigenvalue weighted by atomic mass is 10.1. The van der Waals surface area contributed by atoms with E-state index >= 15 is 0 Å². The lowest BCUT2D eigenvalue weighted by molar-refractivity contribution is 0.0936. The minimum absolute atomic E-state index is 0.0935. The summed E-state index contributed by atoms with van der Waals surface area (Å²) in [6.45, 7) is 2.00. The Bertz CT molecular complexity index is 584. The van der Waals surface area contributed by atoms with Gasteiger partial charge in [-0.1, -0.05) is 6.92 Å². The summed E-state index contributed by atoms with van der Waals surface area (Å²) in [5.74, 6) is 0.429. The molecule has 0 bridgehead atoms. The number of thiazole rings is 1. The minimum Gasteiger partial charge on any atom is -0.497 e. The zero-order chi connectivity index (χ0) is 14.5. The molecule has 1 unspecified atom stereocenters. The van der Waals surface area contributed by atoms with Crippen LogP contribution in [0, 0.1) is 0 Å². The molecule has 0 fully saturated rings. The average Bonchev–Trinajstić information content (AvgIpc) is 2.98. The number of nitrogens with two attached hydrogens (primary N) is 1. The number of rotatable bonds is 5. The third kappa shape index (κ3) is 3.08. The van der Waals surface area contributed by atoms with Gasteiger partial charge in [-0.15, -0.1) is 11.3 Å². The molecule has 5 nitrogen and oxygen atoms in total. The second-order valence-electron chi connectivity index (χ2n) is 4.26. The van der Waals surface area contributed by atoms with Crippen molar-refractivity contribution in [3.8, 4) is 5.75 Å². The Morgan fingerprint density at radius 2 is 2.35 bits per heavy atom. The SMILES string of the molecule is CCC(NC(=O)c1ccc(OC)cc1N)c1nccs1. The first-order chi connectivity index (χ1) is 9.65. The van der Waals surface area contributed by atoms with Crippen LogP contribution >= 0.6 is 11.3 Å². The normalized spacial score (nSPS) is 11.9. The number of nitrogens with zero attached hydrogens (tertiary/aromatic N) is 1. The van der Waals surface area contributed by atoms with Crippen molar-refractivity contribution in [1.29, 1.82) is 0 Å². The number of ether oxygens (including phenoxy) is 1. The van der Waals surface area contributed by atoms with Crippen molar-refractivity contribution in [2.24, 2.45) is 0 Å². The van der Waals surface area contributed by atoms with E-state index in [0.717, 1.165) is 11.4 Å². The van der Waals surface area contributed by atoms with E-state index in [1.807, 2.05) is 12.3 Å². The number of methoxy groups -OCH3 is 1. The molecule has 0 aliphatic heterocycles. The number of amides is 1. The first-order valence-electron chi connectivity index (χ1n) is 6.29. The van der Waals surface area contributed by atoms with E-state index in [1.165, 1.54) is 11.3 Å². The van der Waals surface area contributed by atoms with Gasteiger partial charge in [0.2, 0.25) is 0 Å². The van der Waals surface area contributed by atoms with Crippen molar-refractivity contribution in [3.63, 3.8) is 0 Å². The van der Waals surface area contributed by atoms with E-state index in [-0.39, 0.29) is 11.9 Å². The van der Waals surface area contributed by atoms with Gasteiger partial charge >= 0.3 is 0 Å². The maximum absolute atomic E-state index is 12.3. The zero-order valence-corrected chi connectivity index (χ0v) is 12.2. The smallest absolute Gasteiger partial charge is 0.253 e. The Balaban J connectivity index is 2.15. The highest BCUT2D eigenvalue weighted by molar-refractivity contribution is 7.09. The van der Waals surface area contributed by atoms with Gasteiger partial charge in [0.15, 0.2) is 0 Å². The fourth-order valence-corrected chi connectivity index (χ4v) is 2.63. The van der Waals surface area contributed by atoms with Gasteiger partial charge in [0, 0.05) is 23.3 Å². The predicted octanol–water partition coefficient (Wildman–Crippen LogP) is 2.62. The van der Waals surface area contributed by atoms with E-state index in [1.54, 1.807) is 31.5 Å². The van der Waals surface area contributed by atoms with Crippen molar-refractivity contribution in [1.82, 2.24) is 10.3 Å². The molecule has 3 N–H and O–H groups in total. The second-order valence-corrected chi connectivity index (χ2v) is 5.18. The number of aromatic nitrogens is 1. The van der Waals surface area contributed by atoms with Gasteiger partial charge in [-0.25, -0.2) is 4.98 Å². The fraction of sp³-hybridized carbons (Fsp3) is 0.286. The van der Waals surface area contributed by atoms with Crippen molar-refractivity contribution in [2.75, 3.05) is 12.8 Å². The largest absolute Gasteiger partial charge is 0.497 e. The van der Waals surface area contributed by atoms with E-state index in [0.29, 0.717) is 17.0 Å². The number of carbonyl (C=O) groups is 1. The monoisotopic (exact) mass is 291 g/mol. The first-order valence-corrected chi connectivity index (χ1v) is 7.17. The molecule has 0 aliphatic carbocycles. The summed E-state index contributed by atoms with van der Waals surface area (Å²) in [7, 11) is 1.56. The summed E-state index contributed by atoms with van der Waals surface area (Å²) in [4.78, 5) is 16.5. The Labute approximate surface area is 121 Å². The molecule has 1 atom stereocenters. The summed E-state index contributed by atoms with van der Waals surface area (Å²) in [6.07, 6.45) is 2.51. The summed E-state index contributed by atoms with van der Waals surface area (Å²) in [5.41, 5.74) is 6.72. The van der Waals surface area contributed by atoms with Gasteiger partial charge in [-0.3, -0.25) is 4.79 Å². The number of hydrogen-bond acceptors (Lipinski definition) is 5. The van der Waals surface area contributed by atoms with E-state index in [9.17, 15) is 4.79 Å². The molecule has 2 aromatic rings. The molecule has 1 amide bonds. The standard InChI is InChI=1S/C14H17N3O2S/c1-3-12(14-16-6-7-20-14)17-13(18)10-5-4-9(19-2)8-11(10)15/h4-8,12H,3,15H2,1-2H3,(H,17,18). The third-order valence-electron chi connectivity index (χ3n) is 2.97. The Kier molecular flexibility index (Phi) is 4.57. The van der Waals surface area contributed by atoms with Crippen LogP contribution in [0.1, 0.15) is 34.8 Å². The van der Waals surface area contributed by atoms with Crippen LogP contribution in [-0.4, -0.2) is 18.0 Å². The lowest BCUT2D eigenvalue weighted by Crippen LogP contribution is -2.28. The van der Waals surface area contributed by atoms with Gasteiger partial charge in [-0.05, 0) is 18.6 Å². The highest BCUT2D eigenvalue weighted by Gasteiger charge is 2.17. The van der Waals surface area contributed by atoms with E-state index < -0.39 is 0 Å². The number of nitrogen functional groups attached to an aromatic ring is 1. The van der Waals surface area contributed by atoms with Crippen molar-refractivity contribution >= 4 is 22.9 Å². The maximum Gasteiger partial charge on any atom is 0.253 e. The van der Waals surface area contributed by atoms with Crippen LogP contribution in [0.25, 0.3) is 0 Å². The molecule has 1 heterocycles. The van der Waals surface area contributed by atoms with Crippen LogP contribution in [0.5, 0.6) is 5.75 Å². The highest BCUT2D eigenvalue weighted by Crippen LogP contribution is 2.22. The van der Waals surface area contributed by atoms with Crippen molar-refractivity contribution < 1.29 is 9.53 Å². The first kappa shape index (κ1) is 14.3. The van der Waals surface area contributed by atoms with Crippen LogP contribution in [0.15, 0.2) is 29.8 Å². The average molecular weight is 291 g/mol. The molecular formula is C14H17N3O2S. The van der Waals surface area contributed by atoms with E-state index in [2.05, 4.69) is 10.3 Å². The number of anilines is 1. The molecule has 0 radical (unpaired) electrons. The molecule has 20 heavy (non-hydrogen) atoms. The highest BCUT2D eigenvalue weighted by atomic mass is 32.1. The summed E-state index contributed by atoms with van der Waals surface area (Å²) in [5, 5.41) is 5.74. The minimum atomic E-state index is -0.202. The molecule has 1 aromatic heterocycles. The number of nitrogens with one attached hydrogen (secondary N) is 1. The fourth-order valence-electron chi connectivity index (χ4n) is 1.86. The molecule has 1 aromatic carbocycles. The molecule has 2 rings (SSSR count). The van der Waals surface area contributed by atoms with Gasteiger partial charge < -0.3 is 15.8 Å². The number of hydrogen-bond donors (Lipinski definition) is 2. The molecule has 0 saturated carbocycles. The predicted molar refractivity (Wildman–Crippen MR) is 80.0 cm³/mol. The van der Waals surface area contributed by atoms with E-state index in [4.69, 9.17) is 10.5 Å². The van der Waals surface area contributed by atoms with Gasteiger partial charge in [-0.2, -0.15) is 0 Å². The van der Waals surface area contributed by atoms with Crippen LogP contribution in [0.4, 0.5) is 5.69 Å². The molecular weight excluding hydrogens is 274 g/mol. The van der Waals surface area contributed by atoms with Crippen LogP contribution < -0.4 is 15.8 Å². The number of benzene rings is 1. The van der Waals surface area contributed by atoms with Crippen LogP contribution in [0.3, 0.4) is 0 Å². The van der Waals surface area contributed by atoms with Gasteiger partial charge in [0.1, 0.15) is 10.8 Å². The second kappa shape index (κ2) is 6.38. The van der Waals surface area contributed by atoms with Crippen LogP contribution in [0.2, 0.25) is 0 Å². The van der Waals surface area contributed by atoms with Crippen LogP contribution in [-0.2, 0) is 0 Å². The van der Waals surface area contributed by atoms with Crippen molar-refractivity contribution in [3.05, 3.63) is 40.3 Å². The molecule has 0 saturated heterocycles. The van der Waals surface area contributed by atoms with Gasteiger partial charge in [0.25, 0.3) is 5.91 Å². The maximum atomic E-state index is 12.3. The third-order valence-corrected chi connectivity index (χ3v) is 3.86.